The van der Waals surface area contributed by atoms with E-state index in [2.05, 4.69) is 6.92 Å². The minimum Gasteiger partial charge on any atom is -0.0654 e. The smallest absolute Gasteiger partial charge is 0.0264 e. The molecule has 8 heavy (non-hydrogen) atoms. The van der Waals surface area contributed by atoms with Gasteiger partial charge in [0, 0.05) is 6.85 Å². The molecule has 0 aliphatic heterocycles. The van der Waals surface area contributed by atoms with E-state index in [1.807, 2.05) is 0 Å². The van der Waals surface area contributed by atoms with Crippen molar-refractivity contribution in [1.82, 2.24) is 0 Å². The Bertz CT molecular complexity index is 138. The SMILES string of the molecule is [2H]C([2H])([2H])C([2H])([2H])CCCCCC. The van der Waals surface area contributed by atoms with E-state index in [1.54, 1.807) is 0 Å². The molecule has 0 spiro atoms. The first-order valence-corrected chi connectivity index (χ1v) is 3.31. The second kappa shape index (κ2) is 7.00. The van der Waals surface area contributed by atoms with Gasteiger partial charge in [0.1, 0.15) is 0 Å². The number of hydrogen-bond acceptors (Lipinski definition) is 0. The molecule has 0 nitrogen and oxygen atoms in total. The van der Waals surface area contributed by atoms with Gasteiger partial charge >= 0.3 is 0 Å². The lowest BCUT2D eigenvalue weighted by molar-refractivity contribution is 0.624. The molecule has 0 heterocycles. The highest BCUT2D eigenvalue weighted by Gasteiger charge is 1.83. The fraction of sp³-hybridized carbons (Fsp3) is 1.00. The predicted molar refractivity (Wildman–Crippen MR) is 39.1 cm³/mol. The second-order valence-electron chi connectivity index (χ2n) is 1.99. The Morgan fingerprint density at radius 2 is 2.00 bits per heavy atom. The average Bonchev–Trinajstić information content (AvgIpc) is 1.96. The Morgan fingerprint density at radius 3 is 2.62 bits per heavy atom. The highest BCUT2D eigenvalue weighted by atomic mass is 13.9. The molecule has 0 saturated heterocycles. The third kappa shape index (κ3) is 6.00. The molecule has 0 bridgehead atoms. The van der Waals surface area contributed by atoms with E-state index in [0.29, 0.717) is 6.42 Å². The first kappa shape index (κ1) is 2.72. The zero-order valence-electron chi connectivity index (χ0n) is 10.5. The van der Waals surface area contributed by atoms with Gasteiger partial charge in [0.15, 0.2) is 0 Å². The molecular formula is C8H18. The maximum Gasteiger partial charge on any atom is 0.0264 e. The lowest BCUT2D eigenvalue weighted by atomic mass is 10.1. The van der Waals surface area contributed by atoms with Crippen LogP contribution in [0.25, 0.3) is 0 Å². The van der Waals surface area contributed by atoms with E-state index in [4.69, 9.17) is 6.85 Å². The van der Waals surface area contributed by atoms with Gasteiger partial charge in [-0.3, -0.25) is 0 Å². The molecule has 0 aliphatic rings. The molecular weight excluding hydrogens is 96.1 g/mol. The van der Waals surface area contributed by atoms with Crippen LogP contribution in [-0.2, 0) is 0 Å². The zero-order valence-corrected chi connectivity index (χ0v) is 5.54. The molecule has 0 atom stereocenters. The topological polar surface area (TPSA) is 0 Å². The fourth-order valence-corrected chi connectivity index (χ4v) is 0.640. The van der Waals surface area contributed by atoms with Crippen LogP contribution >= 0.6 is 0 Å². The highest BCUT2D eigenvalue weighted by Crippen LogP contribution is 2.03. The fourth-order valence-electron chi connectivity index (χ4n) is 0.640. The van der Waals surface area contributed by atoms with Gasteiger partial charge in [0.2, 0.25) is 0 Å². The molecule has 50 valence electrons. The highest BCUT2D eigenvalue weighted by molar-refractivity contribution is 4.39. The van der Waals surface area contributed by atoms with E-state index in [0.717, 1.165) is 19.3 Å². The van der Waals surface area contributed by atoms with Crippen LogP contribution in [0.4, 0.5) is 0 Å². The summed E-state index contributed by atoms with van der Waals surface area (Å²) in [5.74, 6) is 0. The van der Waals surface area contributed by atoms with Gasteiger partial charge in [-0.15, -0.1) is 0 Å². The van der Waals surface area contributed by atoms with Crippen LogP contribution in [0.2, 0.25) is 0 Å². The van der Waals surface area contributed by atoms with Gasteiger partial charge in [-0.25, -0.2) is 0 Å². The summed E-state index contributed by atoms with van der Waals surface area (Å²) in [5, 5.41) is 0. The zero-order chi connectivity index (χ0) is 10.5. The monoisotopic (exact) mass is 119 g/mol. The Hall–Kier alpha value is 0. The Balaban J connectivity index is 3.77. The Labute approximate surface area is 60.3 Å². The summed E-state index contributed by atoms with van der Waals surface area (Å²) in [6.45, 7) is -0.405. The van der Waals surface area contributed by atoms with Crippen LogP contribution in [0.3, 0.4) is 0 Å². The van der Waals surface area contributed by atoms with Crippen molar-refractivity contribution in [3.8, 4) is 0 Å². The molecule has 0 fully saturated rings. The van der Waals surface area contributed by atoms with E-state index >= 15 is 0 Å². The van der Waals surface area contributed by atoms with Crippen LogP contribution in [0, 0.1) is 0 Å². The number of unbranched alkanes of at least 4 members (excludes halogenated alkanes) is 3. The first-order chi connectivity index (χ1) is 5.81. The van der Waals surface area contributed by atoms with Crippen molar-refractivity contribution < 1.29 is 6.85 Å². The molecule has 0 aromatic carbocycles. The van der Waals surface area contributed by atoms with Crippen LogP contribution in [-0.4, -0.2) is 0 Å². The molecule has 0 heteroatoms. The molecule has 0 radical (unpaired) electrons. The summed E-state index contributed by atoms with van der Waals surface area (Å²) in [6.07, 6.45) is 1.85. The Kier molecular flexibility index (Phi) is 2.38. The maximum atomic E-state index is 7.32. The normalized spacial score (nSPS) is 22.4. The lowest BCUT2D eigenvalue weighted by Gasteiger charge is -1.93. The summed E-state index contributed by atoms with van der Waals surface area (Å²) >= 11 is 0. The third-order valence-electron chi connectivity index (χ3n) is 1.16. The summed E-state index contributed by atoms with van der Waals surface area (Å²) in [5.41, 5.74) is 0. The minimum absolute atomic E-state index is 0.142. The molecule has 0 rings (SSSR count). The van der Waals surface area contributed by atoms with Gasteiger partial charge < -0.3 is 0 Å². The van der Waals surface area contributed by atoms with Crippen molar-refractivity contribution in [3.05, 3.63) is 0 Å². The molecule has 0 N–H and O–H groups in total. The van der Waals surface area contributed by atoms with Gasteiger partial charge in [0.25, 0.3) is 0 Å². The van der Waals surface area contributed by atoms with E-state index in [9.17, 15) is 0 Å². The van der Waals surface area contributed by atoms with E-state index in [-0.39, 0.29) is 6.42 Å². The van der Waals surface area contributed by atoms with Gasteiger partial charge in [0.05, 0.1) is 0 Å². The van der Waals surface area contributed by atoms with Crippen molar-refractivity contribution in [2.45, 2.75) is 52.3 Å². The molecule has 0 aromatic rings. The molecule has 0 amide bonds. The van der Waals surface area contributed by atoms with Crippen molar-refractivity contribution in [2.24, 2.45) is 0 Å². The molecule has 0 saturated carbocycles. The van der Waals surface area contributed by atoms with Crippen molar-refractivity contribution in [2.75, 3.05) is 0 Å². The minimum atomic E-state index is -2.47. The van der Waals surface area contributed by atoms with Gasteiger partial charge in [-0.1, -0.05) is 52.3 Å². The van der Waals surface area contributed by atoms with Gasteiger partial charge in [-0.05, 0) is 0 Å². The quantitative estimate of drug-likeness (QED) is 0.487. The summed E-state index contributed by atoms with van der Waals surface area (Å²) in [6, 6.07) is 0. The number of rotatable bonds is 5. The Morgan fingerprint density at radius 1 is 1.25 bits per heavy atom. The summed E-state index contributed by atoms with van der Waals surface area (Å²) in [4.78, 5) is 0. The average molecular weight is 119 g/mol. The van der Waals surface area contributed by atoms with Crippen LogP contribution in [0.1, 0.15) is 59.1 Å². The molecule has 0 aromatic heterocycles. The summed E-state index contributed by atoms with van der Waals surface area (Å²) in [7, 11) is 0. The standard InChI is InChI=1S/C8H18/c1-3-5-7-8-6-4-2/h3-8H2,1-2H3/i1D3,3D2. The second-order valence-corrected chi connectivity index (χ2v) is 1.99. The number of hydrogen-bond donors (Lipinski definition) is 0. The van der Waals surface area contributed by atoms with Crippen LogP contribution < -0.4 is 0 Å². The predicted octanol–water partition coefficient (Wildman–Crippen LogP) is 3.37. The summed E-state index contributed by atoms with van der Waals surface area (Å²) < 4.78 is 35.6. The van der Waals surface area contributed by atoms with E-state index in [1.165, 1.54) is 0 Å². The third-order valence-corrected chi connectivity index (χ3v) is 1.16. The van der Waals surface area contributed by atoms with Crippen molar-refractivity contribution in [3.63, 3.8) is 0 Å². The van der Waals surface area contributed by atoms with Crippen molar-refractivity contribution >= 4 is 0 Å². The lowest BCUT2D eigenvalue weighted by Crippen LogP contribution is -1.73. The maximum absolute atomic E-state index is 7.32. The van der Waals surface area contributed by atoms with E-state index < -0.39 is 13.2 Å². The molecule has 0 unspecified atom stereocenters. The van der Waals surface area contributed by atoms with Gasteiger partial charge in [-0.2, -0.15) is 0 Å². The molecule has 0 aliphatic carbocycles. The first-order valence-electron chi connectivity index (χ1n) is 5.81. The largest absolute Gasteiger partial charge is 0.0654 e. The van der Waals surface area contributed by atoms with Crippen LogP contribution in [0.15, 0.2) is 0 Å². The van der Waals surface area contributed by atoms with Crippen LogP contribution in [0.5, 0.6) is 0 Å². The van der Waals surface area contributed by atoms with Crippen molar-refractivity contribution in [1.29, 1.82) is 0 Å².